The van der Waals surface area contributed by atoms with E-state index >= 15 is 0 Å². The van der Waals surface area contributed by atoms with Gasteiger partial charge in [0.1, 0.15) is 4.99 Å². The van der Waals surface area contributed by atoms with Gasteiger partial charge in [-0.15, -0.1) is 0 Å². The number of pyridine rings is 1. The molecule has 26 heavy (non-hydrogen) atoms. The molecule has 1 aromatic rings. The van der Waals surface area contributed by atoms with Gasteiger partial charge in [0.05, 0.1) is 17.5 Å². The highest BCUT2D eigenvalue weighted by molar-refractivity contribution is 7.80. The summed E-state index contributed by atoms with van der Waals surface area (Å²) in [6.45, 7) is 3.68. The van der Waals surface area contributed by atoms with Crippen LogP contribution >= 0.6 is 12.2 Å². The summed E-state index contributed by atoms with van der Waals surface area (Å²) in [7, 11) is 0. The van der Waals surface area contributed by atoms with E-state index in [-0.39, 0.29) is 12.5 Å². The lowest BCUT2D eigenvalue weighted by atomic mass is 9.76. The average Bonchev–Trinajstić information content (AvgIpc) is 2.62. The molecule has 0 amide bonds. The summed E-state index contributed by atoms with van der Waals surface area (Å²) in [5, 5.41) is 3.27. The predicted octanol–water partition coefficient (Wildman–Crippen LogP) is 4.10. The molecule has 0 aromatic carbocycles. The highest BCUT2D eigenvalue weighted by Gasteiger charge is 2.49. The number of alkyl halides is 3. The molecule has 0 bridgehead atoms. The van der Waals surface area contributed by atoms with Crippen LogP contribution in [0.5, 0.6) is 0 Å². The quantitative estimate of drug-likeness (QED) is 0.628. The van der Waals surface area contributed by atoms with Crippen molar-refractivity contribution in [1.29, 1.82) is 0 Å². The third-order valence-corrected chi connectivity index (χ3v) is 5.71. The van der Waals surface area contributed by atoms with Crippen molar-refractivity contribution < 1.29 is 13.2 Å². The summed E-state index contributed by atoms with van der Waals surface area (Å²) in [6.07, 6.45) is 5.39. The maximum Gasteiger partial charge on any atom is 0.395 e. The van der Waals surface area contributed by atoms with Gasteiger partial charge in [-0.3, -0.25) is 9.88 Å². The van der Waals surface area contributed by atoms with Gasteiger partial charge in [-0.1, -0.05) is 30.8 Å². The standard InChI is InChI=1S/C19H24F3N3S/c1-18(24-17(26)14-7-9-23-10-8-14)13-15(19(20,21)22)5-6-16(18)25-11-3-2-4-12-25/h5-10,15-16H,2-4,11-13H2,1H3,(H,24,26)/t15?,16?,18-/m0/s1. The molecular weight excluding hydrogens is 359 g/mol. The van der Waals surface area contributed by atoms with Crippen LogP contribution < -0.4 is 5.32 Å². The Bertz CT molecular complexity index is 656. The number of hydrogen-bond donors (Lipinski definition) is 1. The Balaban J connectivity index is 1.87. The Morgan fingerprint density at radius 2 is 1.85 bits per heavy atom. The molecule has 3 atom stereocenters. The molecule has 0 spiro atoms. The monoisotopic (exact) mass is 383 g/mol. The van der Waals surface area contributed by atoms with E-state index in [0.717, 1.165) is 31.5 Å². The van der Waals surface area contributed by atoms with Crippen LogP contribution in [0.3, 0.4) is 0 Å². The normalized spacial score (nSPS) is 30.2. The van der Waals surface area contributed by atoms with Crippen molar-refractivity contribution >= 4 is 17.2 Å². The van der Waals surface area contributed by atoms with Gasteiger partial charge in [-0.25, -0.2) is 0 Å². The Labute approximate surface area is 157 Å². The summed E-state index contributed by atoms with van der Waals surface area (Å²) in [5.41, 5.74) is -0.0150. The number of halogens is 3. The zero-order valence-electron chi connectivity index (χ0n) is 14.8. The van der Waals surface area contributed by atoms with Crippen LogP contribution in [0.15, 0.2) is 36.7 Å². The van der Waals surface area contributed by atoms with Crippen molar-refractivity contribution in [2.75, 3.05) is 13.1 Å². The zero-order chi connectivity index (χ0) is 18.8. The van der Waals surface area contributed by atoms with Gasteiger partial charge in [0, 0.05) is 18.0 Å². The van der Waals surface area contributed by atoms with Crippen molar-refractivity contribution in [2.24, 2.45) is 5.92 Å². The summed E-state index contributed by atoms with van der Waals surface area (Å²) in [4.78, 5) is 6.72. The number of piperidine rings is 1. The smallest absolute Gasteiger partial charge is 0.369 e. The summed E-state index contributed by atoms with van der Waals surface area (Å²) in [5.74, 6) is -1.46. The first kappa shape index (κ1) is 19.3. The molecule has 2 heterocycles. The minimum Gasteiger partial charge on any atom is -0.369 e. The van der Waals surface area contributed by atoms with Gasteiger partial charge in [-0.05, 0) is 51.4 Å². The molecule has 2 aliphatic rings. The largest absolute Gasteiger partial charge is 0.395 e. The number of allylic oxidation sites excluding steroid dienone is 1. The van der Waals surface area contributed by atoms with E-state index < -0.39 is 17.6 Å². The summed E-state index contributed by atoms with van der Waals surface area (Å²) < 4.78 is 40.1. The maximum atomic E-state index is 13.4. The van der Waals surface area contributed by atoms with Gasteiger partial charge in [-0.2, -0.15) is 13.2 Å². The van der Waals surface area contributed by atoms with E-state index in [1.165, 1.54) is 12.5 Å². The Morgan fingerprint density at radius 3 is 2.46 bits per heavy atom. The minimum atomic E-state index is -4.25. The third kappa shape index (κ3) is 4.26. The predicted molar refractivity (Wildman–Crippen MR) is 100.0 cm³/mol. The molecular formula is C19H24F3N3S. The van der Waals surface area contributed by atoms with Crippen LogP contribution in [0, 0.1) is 5.92 Å². The van der Waals surface area contributed by atoms with Gasteiger partial charge in [0.25, 0.3) is 0 Å². The fraction of sp³-hybridized carbons (Fsp3) is 0.579. The summed E-state index contributed by atoms with van der Waals surface area (Å²) >= 11 is 5.50. The fourth-order valence-electron chi connectivity index (χ4n) is 4.00. The van der Waals surface area contributed by atoms with Crippen LogP contribution in [0.2, 0.25) is 0 Å². The van der Waals surface area contributed by atoms with Crippen LogP contribution in [0.1, 0.15) is 38.2 Å². The van der Waals surface area contributed by atoms with Crippen LogP contribution in [-0.2, 0) is 0 Å². The number of rotatable bonds is 3. The average molecular weight is 383 g/mol. The van der Waals surface area contributed by atoms with E-state index in [2.05, 4.69) is 15.2 Å². The zero-order valence-corrected chi connectivity index (χ0v) is 15.6. The first-order chi connectivity index (χ1) is 12.3. The molecule has 3 nitrogen and oxygen atoms in total. The molecule has 7 heteroatoms. The van der Waals surface area contributed by atoms with Crippen molar-refractivity contribution in [3.63, 3.8) is 0 Å². The molecule has 142 valence electrons. The fourth-order valence-corrected chi connectivity index (χ4v) is 4.37. The number of thiocarbonyl (C=S) groups is 1. The lowest BCUT2D eigenvalue weighted by Crippen LogP contribution is -2.63. The van der Waals surface area contributed by atoms with Crippen molar-refractivity contribution in [3.05, 3.63) is 42.2 Å². The SMILES string of the molecule is C[C@]1(NC(=S)c2ccncc2)CC(C(F)(F)F)C=CC1N1CCCCC1. The Morgan fingerprint density at radius 1 is 1.19 bits per heavy atom. The molecule has 2 unspecified atom stereocenters. The van der Waals surface area contributed by atoms with Crippen molar-refractivity contribution in [3.8, 4) is 0 Å². The first-order valence-electron chi connectivity index (χ1n) is 9.01. The Kier molecular flexibility index (Phi) is 5.67. The second kappa shape index (κ2) is 7.64. The molecule has 1 fully saturated rings. The van der Waals surface area contributed by atoms with E-state index in [4.69, 9.17) is 12.2 Å². The lowest BCUT2D eigenvalue weighted by Gasteiger charge is -2.48. The molecule has 1 aliphatic heterocycles. The number of likely N-dealkylation sites (tertiary alicyclic amines) is 1. The molecule has 0 radical (unpaired) electrons. The van der Waals surface area contributed by atoms with Crippen molar-refractivity contribution in [1.82, 2.24) is 15.2 Å². The molecule has 1 saturated heterocycles. The first-order valence-corrected chi connectivity index (χ1v) is 9.42. The minimum absolute atomic E-state index is 0.0284. The topological polar surface area (TPSA) is 28.2 Å². The maximum absolute atomic E-state index is 13.4. The van der Waals surface area contributed by atoms with Crippen LogP contribution in [0.25, 0.3) is 0 Å². The second-order valence-electron chi connectivity index (χ2n) is 7.39. The third-order valence-electron chi connectivity index (χ3n) is 5.37. The van der Waals surface area contributed by atoms with Gasteiger partial charge in [0.2, 0.25) is 0 Å². The van der Waals surface area contributed by atoms with Crippen molar-refractivity contribution in [2.45, 2.75) is 50.4 Å². The van der Waals surface area contributed by atoms with E-state index in [1.807, 2.05) is 6.92 Å². The van der Waals surface area contributed by atoms with E-state index in [1.54, 1.807) is 30.6 Å². The number of nitrogens with zero attached hydrogens (tertiary/aromatic N) is 2. The Hall–Kier alpha value is -1.47. The number of aromatic nitrogens is 1. The van der Waals surface area contributed by atoms with Gasteiger partial charge < -0.3 is 5.32 Å². The summed E-state index contributed by atoms with van der Waals surface area (Å²) in [6, 6.07) is 3.43. The van der Waals surface area contributed by atoms with Gasteiger partial charge >= 0.3 is 6.18 Å². The van der Waals surface area contributed by atoms with Gasteiger partial charge in [0.15, 0.2) is 0 Å². The highest BCUT2D eigenvalue weighted by atomic mass is 32.1. The number of hydrogen-bond acceptors (Lipinski definition) is 3. The molecule has 3 rings (SSSR count). The van der Waals surface area contributed by atoms with Crippen LogP contribution in [-0.4, -0.2) is 45.7 Å². The van der Waals surface area contributed by atoms with Crippen LogP contribution in [0.4, 0.5) is 13.2 Å². The number of nitrogens with one attached hydrogen (secondary N) is 1. The highest BCUT2D eigenvalue weighted by Crippen LogP contribution is 2.40. The second-order valence-corrected chi connectivity index (χ2v) is 7.79. The van der Waals surface area contributed by atoms with E-state index in [0.29, 0.717) is 4.99 Å². The molecule has 1 aliphatic carbocycles. The molecule has 0 saturated carbocycles. The van der Waals surface area contributed by atoms with E-state index in [9.17, 15) is 13.2 Å². The lowest BCUT2D eigenvalue weighted by molar-refractivity contribution is -0.169. The molecule has 1 N–H and O–H groups in total. The molecule has 1 aromatic heterocycles.